The van der Waals surface area contributed by atoms with E-state index in [0.717, 1.165) is 11.4 Å². The quantitative estimate of drug-likeness (QED) is 0.856. The lowest BCUT2D eigenvalue weighted by molar-refractivity contribution is -0.131. The van der Waals surface area contributed by atoms with Gasteiger partial charge in [-0.1, -0.05) is 26.8 Å². The predicted octanol–water partition coefficient (Wildman–Crippen LogP) is 1.17. The van der Waals surface area contributed by atoms with Crippen molar-refractivity contribution in [2.24, 2.45) is 5.41 Å². The SMILES string of the molecule is Cc1cccc(CNC(=O)CNC(=O)C(C)(C)C)n1. The molecule has 104 valence electrons. The predicted molar refractivity (Wildman–Crippen MR) is 73.3 cm³/mol. The second-order valence-electron chi connectivity index (χ2n) is 5.48. The molecule has 0 saturated carbocycles. The summed E-state index contributed by atoms with van der Waals surface area (Å²) in [4.78, 5) is 27.4. The van der Waals surface area contributed by atoms with Crippen LogP contribution in [0.4, 0.5) is 0 Å². The van der Waals surface area contributed by atoms with Crippen LogP contribution in [0, 0.1) is 12.3 Å². The van der Waals surface area contributed by atoms with E-state index in [2.05, 4.69) is 15.6 Å². The molecular formula is C14H21N3O2. The molecule has 2 N–H and O–H groups in total. The number of nitrogens with zero attached hydrogens (tertiary/aromatic N) is 1. The van der Waals surface area contributed by atoms with Gasteiger partial charge in [-0.25, -0.2) is 0 Å². The highest BCUT2D eigenvalue weighted by atomic mass is 16.2. The fraction of sp³-hybridized carbons (Fsp3) is 0.500. The van der Waals surface area contributed by atoms with E-state index in [-0.39, 0.29) is 18.4 Å². The van der Waals surface area contributed by atoms with Crippen LogP contribution in [0.3, 0.4) is 0 Å². The van der Waals surface area contributed by atoms with Gasteiger partial charge in [0.15, 0.2) is 0 Å². The van der Waals surface area contributed by atoms with Crippen molar-refractivity contribution in [1.29, 1.82) is 0 Å². The standard InChI is InChI=1S/C14H21N3O2/c1-10-6-5-7-11(17-10)8-15-12(18)9-16-13(19)14(2,3)4/h5-7H,8-9H2,1-4H3,(H,15,18)(H,16,19). The molecule has 0 aromatic carbocycles. The topological polar surface area (TPSA) is 71.1 Å². The number of carbonyl (C=O) groups is 2. The van der Waals surface area contributed by atoms with E-state index in [1.54, 1.807) is 20.8 Å². The van der Waals surface area contributed by atoms with Gasteiger partial charge in [-0.15, -0.1) is 0 Å². The molecule has 0 aliphatic rings. The highest BCUT2D eigenvalue weighted by Gasteiger charge is 2.21. The van der Waals surface area contributed by atoms with Gasteiger partial charge in [-0.05, 0) is 19.1 Å². The van der Waals surface area contributed by atoms with Crippen LogP contribution in [0.25, 0.3) is 0 Å². The normalized spacial score (nSPS) is 10.9. The molecule has 19 heavy (non-hydrogen) atoms. The van der Waals surface area contributed by atoms with Crippen molar-refractivity contribution in [2.75, 3.05) is 6.54 Å². The fourth-order valence-corrected chi connectivity index (χ4v) is 1.38. The summed E-state index contributed by atoms with van der Waals surface area (Å²) in [5.41, 5.74) is 1.22. The minimum Gasteiger partial charge on any atom is -0.349 e. The molecule has 1 heterocycles. The van der Waals surface area contributed by atoms with Gasteiger partial charge in [0.1, 0.15) is 0 Å². The number of pyridine rings is 1. The first-order chi connectivity index (χ1) is 8.79. The van der Waals surface area contributed by atoms with E-state index in [0.29, 0.717) is 6.54 Å². The lowest BCUT2D eigenvalue weighted by Crippen LogP contribution is -2.41. The highest BCUT2D eigenvalue weighted by Crippen LogP contribution is 2.11. The molecule has 0 bridgehead atoms. The van der Waals surface area contributed by atoms with E-state index in [4.69, 9.17) is 0 Å². The van der Waals surface area contributed by atoms with E-state index in [1.165, 1.54) is 0 Å². The molecule has 0 radical (unpaired) electrons. The van der Waals surface area contributed by atoms with Crippen LogP contribution in [0.15, 0.2) is 18.2 Å². The van der Waals surface area contributed by atoms with Gasteiger partial charge in [0, 0.05) is 11.1 Å². The van der Waals surface area contributed by atoms with Crippen LogP contribution in [0.1, 0.15) is 32.2 Å². The molecule has 0 atom stereocenters. The highest BCUT2D eigenvalue weighted by molar-refractivity contribution is 5.87. The summed E-state index contributed by atoms with van der Waals surface area (Å²) in [6.45, 7) is 7.66. The van der Waals surface area contributed by atoms with Gasteiger partial charge in [0.25, 0.3) is 0 Å². The Morgan fingerprint density at radius 1 is 1.21 bits per heavy atom. The Morgan fingerprint density at radius 3 is 2.47 bits per heavy atom. The number of rotatable bonds is 4. The van der Waals surface area contributed by atoms with E-state index < -0.39 is 5.41 Å². The zero-order valence-corrected chi connectivity index (χ0v) is 11.9. The Morgan fingerprint density at radius 2 is 1.89 bits per heavy atom. The number of aryl methyl sites for hydroxylation is 1. The monoisotopic (exact) mass is 263 g/mol. The Bertz CT molecular complexity index is 464. The van der Waals surface area contributed by atoms with Crippen molar-refractivity contribution in [2.45, 2.75) is 34.2 Å². The first kappa shape index (κ1) is 15.1. The van der Waals surface area contributed by atoms with Crippen molar-refractivity contribution in [3.63, 3.8) is 0 Å². The molecule has 0 fully saturated rings. The van der Waals surface area contributed by atoms with Gasteiger partial charge in [0.2, 0.25) is 11.8 Å². The Balaban J connectivity index is 2.35. The number of carbonyl (C=O) groups excluding carboxylic acids is 2. The maximum Gasteiger partial charge on any atom is 0.239 e. The van der Waals surface area contributed by atoms with Crippen molar-refractivity contribution in [3.05, 3.63) is 29.6 Å². The Kier molecular flexibility index (Phi) is 5.03. The van der Waals surface area contributed by atoms with Crippen molar-refractivity contribution in [3.8, 4) is 0 Å². The maximum absolute atomic E-state index is 11.6. The lowest BCUT2D eigenvalue weighted by Gasteiger charge is -2.17. The molecule has 1 aromatic heterocycles. The third-order valence-corrected chi connectivity index (χ3v) is 2.50. The minimum absolute atomic E-state index is 0.0120. The molecule has 0 saturated heterocycles. The average molecular weight is 263 g/mol. The second-order valence-corrected chi connectivity index (χ2v) is 5.48. The van der Waals surface area contributed by atoms with Crippen LogP contribution in [-0.4, -0.2) is 23.3 Å². The zero-order valence-electron chi connectivity index (χ0n) is 11.9. The van der Waals surface area contributed by atoms with Crippen molar-refractivity contribution in [1.82, 2.24) is 15.6 Å². The number of hydrogen-bond acceptors (Lipinski definition) is 3. The molecule has 0 aliphatic heterocycles. The molecule has 1 rings (SSSR count). The summed E-state index contributed by atoms with van der Waals surface area (Å²) >= 11 is 0. The number of aromatic nitrogens is 1. The molecule has 0 aliphatic carbocycles. The largest absolute Gasteiger partial charge is 0.349 e. The first-order valence-electron chi connectivity index (χ1n) is 6.26. The average Bonchev–Trinajstić information content (AvgIpc) is 2.32. The lowest BCUT2D eigenvalue weighted by atomic mass is 9.96. The molecule has 2 amide bonds. The smallest absolute Gasteiger partial charge is 0.239 e. The van der Waals surface area contributed by atoms with Crippen molar-refractivity contribution >= 4 is 11.8 Å². The van der Waals surface area contributed by atoms with Crippen LogP contribution in [-0.2, 0) is 16.1 Å². The Labute approximate surface area is 113 Å². The molecule has 0 spiro atoms. The summed E-state index contributed by atoms with van der Waals surface area (Å²) in [6.07, 6.45) is 0. The maximum atomic E-state index is 11.6. The van der Waals surface area contributed by atoms with E-state index >= 15 is 0 Å². The molecule has 5 heteroatoms. The van der Waals surface area contributed by atoms with Crippen LogP contribution in [0.5, 0.6) is 0 Å². The summed E-state index contributed by atoms with van der Waals surface area (Å²) in [6, 6.07) is 5.64. The third-order valence-electron chi connectivity index (χ3n) is 2.50. The summed E-state index contributed by atoms with van der Waals surface area (Å²) in [5, 5.41) is 5.32. The van der Waals surface area contributed by atoms with E-state index in [1.807, 2.05) is 25.1 Å². The molecule has 1 aromatic rings. The van der Waals surface area contributed by atoms with Gasteiger partial charge in [-0.3, -0.25) is 14.6 Å². The van der Waals surface area contributed by atoms with Gasteiger partial charge < -0.3 is 10.6 Å². The number of hydrogen-bond donors (Lipinski definition) is 2. The fourth-order valence-electron chi connectivity index (χ4n) is 1.38. The van der Waals surface area contributed by atoms with Gasteiger partial charge in [0.05, 0.1) is 18.8 Å². The summed E-state index contributed by atoms with van der Waals surface area (Å²) in [5.74, 6) is -0.364. The van der Waals surface area contributed by atoms with Crippen molar-refractivity contribution < 1.29 is 9.59 Å². The van der Waals surface area contributed by atoms with Gasteiger partial charge in [-0.2, -0.15) is 0 Å². The molecular weight excluding hydrogens is 242 g/mol. The van der Waals surface area contributed by atoms with E-state index in [9.17, 15) is 9.59 Å². The number of nitrogens with one attached hydrogen (secondary N) is 2. The minimum atomic E-state index is -0.488. The van der Waals surface area contributed by atoms with Crippen LogP contribution >= 0.6 is 0 Å². The molecule has 0 unspecified atom stereocenters. The zero-order chi connectivity index (χ0) is 14.5. The first-order valence-corrected chi connectivity index (χ1v) is 6.26. The van der Waals surface area contributed by atoms with Crippen LogP contribution in [0.2, 0.25) is 0 Å². The summed E-state index contributed by atoms with van der Waals surface area (Å²) in [7, 11) is 0. The van der Waals surface area contributed by atoms with Gasteiger partial charge >= 0.3 is 0 Å². The summed E-state index contributed by atoms with van der Waals surface area (Å²) < 4.78 is 0. The third kappa shape index (κ3) is 5.50. The second kappa shape index (κ2) is 6.31. The van der Waals surface area contributed by atoms with Crippen LogP contribution < -0.4 is 10.6 Å². The Hall–Kier alpha value is -1.91. The molecule has 5 nitrogen and oxygen atoms in total. The number of amides is 2.